The number of hydrogen-bond donors (Lipinski definition) is 3. The molecule has 216 valence electrons. The average Bonchev–Trinajstić information content (AvgIpc) is 3.67. The first-order valence-corrected chi connectivity index (χ1v) is 14.1. The lowest BCUT2D eigenvalue weighted by Gasteiger charge is -2.29. The molecule has 2 aromatic rings. The van der Waals surface area contributed by atoms with Gasteiger partial charge in [0.25, 0.3) is 0 Å². The molecule has 0 radical (unpaired) electrons. The summed E-state index contributed by atoms with van der Waals surface area (Å²) in [6.45, 7) is 0.306. The highest BCUT2D eigenvalue weighted by Crippen LogP contribution is 2.43. The first kappa shape index (κ1) is 29.3. The summed E-state index contributed by atoms with van der Waals surface area (Å²) in [4.78, 5) is 7.91. The van der Waals surface area contributed by atoms with E-state index < -0.39 is 51.6 Å². The van der Waals surface area contributed by atoms with Crippen LogP contribution < -0.4 is 15.4 Å². The normalized spacial score (nSPS) is 21.4. The standard InChI is InChI=1S/C24H28F7N5O2S/c25-19-21(32-11-14-1-9-18(10-2-14)36-39(37,38)12-23(26,27)28)33-13-34-22(19)35-20(15-3-4-15)16-5-7-17(8-6-16)24(29,30)31/h5-8,13-15,18,20,36H,1-4,9-12H2,(H2,32,33,34,35). The zero-order valence-electron chi connectivity index (χ0n) is 20.6. The van der Waals surface area contributed by atoms with E-state index in [9.17, 15) is 34.8 Å². The van der Waals surface area contributed by atoms with Gasteiger partial charge in [-0.2, -0.15) is 30.7 Å². The van der Waals surface area contributed by atoms with Gasteiger partial charge in [0.2, 0.25) is 15.8 Å². The summed E-state index contributed by atoms with van der Waals surface area (Å²) >= 11 is 0. The Labute approximate surface area is 221 Å². The van der Waals surface area contributed by atoms with E-state index in [1.165, 1.54) is 12.1 Å². The Morgan fingerprint density at radius 3 is 2.08 bits per heavy atom. The number of benzene rings is 1. The summed E-state index contributed by atoms with van der Waals surface area (Å²) in [7, 11) is -4.48. The number of sulfonamides is 1. The van der Waals surface area contributed by atoms with Crippen LogP contribution in [0.5, 0.6) is 0 Å². The zero-order valence-corrected chi connectivity index (χ0v) is 21.4. The second-order valence-corrected chi connectivity index (χ2v) is 11.8. The summed E-state index contributed by atoms with van der Waals surface area (Å²) in [6.07, 6.45) is -4.71. The fourth-order valence-electron chi connectivity index (χ4n) is 4.76. The van der Waals surface area contributed by atoms with Crippen molar-refractivity contribution >= 4 is 21.7 Å². The second kappa shape index (κ2) is 11.4. The third kappa shape index (κ3) is 8.40. The fourth-order valence-corrected chi connectivity index (χ4v) is 6.02. The predicted octanol–water partition coefficient (Wildman–Crippen LogP) is 5.65. The van der Waals surface area contributed by atoms with E-state index in [0.717, 1.165) is 31.3 Å². The maximum Gasteiger partial charge on any atom is 0.416 e. The van der Waals surface area contributed by atoms with Gasteiger partial charge >= 0.3 is 12.4 Å². The molecule has 4 rings (SSSR count). The lowest BCUT2D eigenvalue weighted by molar-refractivity contribution is -0.137. The number of nitrogens with one attached hydrogen (secondary N) is 3. The highest BCUT2D eigenvalue weighted by atomic mass is 32.2. The van der Waals surface area contributed by atoms with Crippen LogP contribution in [0.15, 0.2) is 30.6 Å². The van der Waals surface area contributed by atoms with Crippen LogP contribution in [-0.4, -0.2) is 42.9 Å². The topological polar surface area (TPSA) is 96.0 Å². The van der Waals surface area contributed by atoms with E-state index in [1.54, 1.807) is 0 Å². The maximum absolute atomic E-state index is 15.2. The van der Waals surface area contributed by atoms with Gasteiger partial charge in [-0.3, -0.25) is 0 Å². The zero-order chi connectivity index (χ0) is 28.4. The Hall–Kier alpha value is -2.68. The number of halogens is 7. The van der Waals surface area contributed by atoms with Gasteiger partial charge in [0.1, 0.15) is 6.33 Å². The third-order valence-corrected chi connectivity index (χ3v) is 8.28. The molecule has 1 heterocycles. The Morgan fingerprint density at radius 2 is 1.51 bits per heavy atom. The Balaban J connectivity index is 1.33. The Morgan fingerprint density at radius 1 is 0.897 bits per heavy atom. The minimum atomic E-state index is -4.82. The minimum Gasteiger partial charge on any atom is -0.367 e. The summed E-state index contributed by atoms with van der Waals surface area (Å²) in [6, 6.07) is 3.70. The molecule has 15 heteroatoms. The van der Waals surface area contributed by atoms with Gasteiger partial charge in [-0.05, 0) is 68.1 Å². The van der Waals surface area contributed by atoms with E-state index in [4.69, 9.17) is 0 Å². The van der Waals surface area contributed by atoms with Crippen LogP contribution in [0.3, 0.4) is 0 Å². The van der Waals surface area contributed by atoms with E-state index in [1.807, 2.05) is 0 Å². The van der Waals surface area contributed by atoms with E-state index in [2.05, 4.69) is 25.3 Å². The lowest BCUT2D eigenvalue weighted by Crippen LogP contribution is -2.42. The molecule has 0 spiro atoms. The van der Waals surface area contributed by atoms with E-state index in [-0.39, 0.29) is 23.5 Å². The van der Waals surface area contributed by atoms with Crippen LogP contribution in [0, 0.1) is 17.7 Å². The Kier molecular flexibility index (Phi) is 8.59. The van der Waals surface area contributed by atoms with Gasteiger partial charge in [0, 0.05) is 12.6 Å². The highest BCUT2D eigenvalue weighted by Gasteiger charge is 2.37. The van der Waals surface area contributed by atoms with Crippen molar-refractivity contribution in [1.29, 1.82) is 0 Å². The molecule has 1 aromatic heterocycles. The molecular formula is C24H28F7N5O2S. The van der Waals surface area contributed by atoms with Gasteiger partial charge < -0.3 is 10.6 Å². The van der Waals surface area contributed by atoms with Crippen molar-refractivity contribution in [1.82, 2.24) is 14.7 Å². The van der Waals surface area contributed by atoms with Crippen molar-refractivity contribution in [3.63, 3.8) is 0 Å². The molecule has 0 amide bonds. The quantitative estimate of drug-likeness (QED) is 0.313. The second-order valence-electron chi connectivity index (χ2n) is 10.1. The smallest absolute Gasteiger partial charge is 0.367 e. The van der Waals surface area contributed by atoms with Crippen LogP contribution in [0.1, 0.15) is 55.7 Å². The molecule has 0 aliphatic heterocycles. The molecule has 7 nitrogen and oxygen atoms in total. The number of hydrogen-bond acceptors (Lipinski definition) is 6. The largest absolute Gasteiger partial charge is 0.416 e. The van der Waals surface area contributed by atoms with Gasteiger partial charge in [0.05, 0.1) is 11.6 Å². The van der Waals surface area contributed by atoms with E-state index in [0.29, 0.717) is 37.8 Å². The van der Waals surface area contributed by atoms with E-state index >= 15 is 4.39 Å². The molecule has 2 saturated carbocycles. The first-order chi connectivity index (χ1) is 18.2. The molecular weight excluding hydrogens is 555 g/mol. The predicted molar refractivity (Wildman–Crippen MR) is 130 cm³/mol. The number of rotatable bonds is 10. The maximum atomic E-state index is 15.2. The van der Waals surface area contributed by atoms with Gasteiger partial charge in [-0.1, -0.05) is 12.1 Å². The van der Waals surface area contributed by atoms with Crippen molar-refractivity contribution in [2.24, 2.45) is 11.8 Å². The molecule has 39 heavy (non-hydrogen) atoms. The van der Waals surface area contributed by atoms with Crippen molar-refractivity contribution in [3.05, 3.63) is 47.5 Å². The summed E-state index contributed by atoms with van der Waals surface area (Å²) in [5, 5.41) is 5.93. The Bertz CT molecular complexity index is 1230. The van der Waals surface area contributed by atoms with Crippen LogP contribution in [-0.2, 0) is 16.2 Å². The molecule has 1 aromatic carbocycles. The van der Waals surface area contributed by atoms with Crippen molar-refractivity contribution in [2.75, 3.05) is 22.9 Å². The molecule has 2 aliphatic carbocycles. The summed E-state index contributed by atoms with van der Waals surface area (Å²) in [5.74, 6) is -2.69. The SMILES string of the molecule is O=S(=O)(CC(F)(F)F)NC1CCC(CNc2ncnc(NC(c3ccc(C(F)(F)F)cc3)C3CC3)c2F)CC1. The van der Waals surface area contributed by atoms with Gasteiger partial charge in [-0.25, -0.2) is 23.1 Å². The van der Waals surface area contributed by atoms with Crippen molar-refractivity contribution in [3.8, 4) is 0 Å². The molecule has 1 unspecified atom stereocenters. The third-order valence-electron chi connectivity index (χ3n) is 6.88. The monoisotopic (exact) mass is 583 g/mol. The number of anilines is 2. The number of nitrogens with zero attached hydrogens (tertiary/aromatic N) is 2. The minimum absolute atomic E-state index is 0.0190. The van der Waals surface area contributed by atoms with Crippen molar-refractivity contribution in [2.45, 2.75) is 63.0 Å². The fraction of sp³-hybridized carbons (Fsp3) is 0.583. The van der Waals surface area contributed by atoms with Crippen LogP contribution in [0.2, 0.25) is 0 Å². The van der Waals surface area contributed by atoms with Crippen LogP contribution in [0.4, 0.5) is 42.4 Å². The van der Waals surface area contributed by atoms with Crippen molar-refractivity contribution < 1.29 is 39.2 Å². The van der Waals surface area contributed by atoms with Gasteiger partial charge in [-0.15, -0.1) is 0 Å². The van der Waals surface area contributed by atoms with Crippen LogP contribution in [0.25, 0.3) is 0 Å². The molecule has 1 atom stereocenters. The lowest BCUT2D eigenvalue weighted by atomic mass is 9.86. The molecule has 2 aliphatic rings. The molecule has 3 N–H and O–H groups in total. The molecule has 2 fully saturated rings. The molecule has 0 bridgehead atoms. The van der Waals surface area contributed by atoms with Crippen LogP contribution >= 0.6 is 0 Å². The molecule has 0 saturated heterocycles. The average molecular weight is 584 g/mol. The highest BCUT2D eigenvalue weighted by molar-refractivity contribution is 7.89. The van der Waals surface area contributed by atoms with Gasteiger partial charge in [0.15, 0.2) is 17.4 Å². The number of aromatic nitrogens is 2. The first-order valence-electron chi connectivity index (χ1n) is 12.4. The number of alkyl halides is 6. The summed E-state index contributed by atoms with van der Waals surface area (Å²) < 4.78 is 117. The summed E-state index contributed by atoms with van der Waals surface area (Å²) in [5.41, 5.74) is -0.186.